The van der Waals surface area contributed by atoms with Gasteiger partial charge in [0.1, 0.15) is 12.2 Å². The molecule has 0 radical (unpaired) electrons. The van der Waals surface area contributed by atoms with E-state index in [2.05, 4.69) is 5.32 Å². The number of nitrogens with zero attached hydrogens (tertiary/aromatic N) is 1. The molecular formula is C29H42N2O7. The minimum absolute atomic E-state index is 0.0303. The zero-order valence-electron chi connectivity index (χ0n) is 22.7. The quantitative estimate of drug-likeness (QED) is 0.361. The number of aliphatic hydroxyl groups is 3. The summed E-state index contributed by atoms with van der Waals surface area (Å²) in [5.74, 6) is -0.0457. The van der Waals surface area contributed by atoms with Crippen molar-refractivity contribution in [3.63, 3.8) is 0 Å². The number of rotatable bonds is 9. The maximum absolute atomic E-state index is 13.7. The standard InChI is InChI=1S/C29H42N2O7/c1-17(2)12-24(34)31(19-8-6-4-5-7-9-19)22-15-21(29(36)30-10-11-32)25-20-13-18(16-33)14-23(37-3)27(20)38-28(25)26(22)35/h13-15,17,19,22,25-26,28,32-33,35H,4-12,16H2,1-3H3,(H,30,36)/t22-,25+,26+,28+/m1/s1. The average molecular weight is 531 g/mol. The van der Waals surface area contributed by atoms with Gasteiger partial charge in [0, 0.05) is 30.1 Å². The number of hydrogen-bond acceptors (Lipinski definition) is 7. The molecule has 4 atom stereocenters. The lowest BCUT2D eigenvalue weighted by Gasteiger charge is -2.44. The van der Waals surface area contributed by atoms with Gasteiger partial charge >= 0.3 is 0 Å². The molecule has 3 aliphatic rings. The van der Waals surface area contributed by atoms with Crippen molar-refractivity contribution in [1.29, 1.82) is 0 Å². The fraction of sp³-hybridized carbons (Fsp3) is 0.655. The van der Waals surface area contributed by atoms with E-state index >= 15 is 0 Å². The van der Waals surface area contributed by atoms with Crippen LogP contribution in [0.25, 0.3) is 0 Å². The molecule has 210 valence electrons. The van der Waals surface area contributed by atoms with Gasteiger partial charge in [0.15, 0.2) is 11.5 Å². The van der Waals surface area contributed by atoms with Gasteiger partial charge in [-0.15, -0.1) is 0 Å². The Morgan fingerprint density at radius 2 is 1.87 bits per heavy atom. The van der Waals surface area contributed by atoms with Crippen molar-refractivity contribution in [1.82, 2.24) is 10.2 Å². The van der Waals surface area contributed by atoms with Crippen LogP contribution in [-0.4, -0.2) is 76.6 Å². The van der Waals surface area contributed by atoms with Crippen LogP contribution in [-0.2, 0) is 16.2 Å². The van der Waals surface area contributed by atoms with E-state index in [1.165, 1.54) is 7.11 Å². The van der Waals surface area contributed by atoms with Gasteiger partial charge in [0.2, 0.25) is 11.8 Å². The molecule has 4 rings (SSSR count). The van der Waals surface area contributed by atoms with Crippen molar-refractivity contribution in [3.8, 4) is 11.5 Å². The highest BCUT2D eigenvalue weighted by Gasteiger charge is 2.52. The van der Waals surface area contributed by atoms with Crippen LogP contribution < -0.4 is 14.8 Å². The molecule has 2 amide bonds. The monoisotopic (exact) mass is 530 g/mol. The Kier molecular flexibility index (Phi) is 9.33. The average Bonchev–Trinajstić information content (AvgIpc) is 3.08. The Labute approximate surface area is 224 Å². The molecule has 2 aliphatic carbocycles. The Bertz CT molecular complexity index is 1030. The summed E-state index contributed by atoms with van der Waals surface area (Å²) < 4.78 is 11.8. The predicted octanol–water partition coefficient (Wildman–Crippen LogP) is 2.41. The molecule has 1 aromatic carbocycles. The molecule has 1 fully saturated rings. The van der Waals surface area contributed by atoms with Gasteiger partial charge in [-0.2, -0.15) is 0 Å². The molecule has 1 aromatic rings. The molecule has 9 nitrogen and oxygen atoms in total. The normalized spacial score (nSPS) is 25.1. The molecule has 0 bridgehead atoms. The maximum Gasteiger partial charge on any atom is 0.247 e. The lowest BCUT2D eigenvalue weighted by Crippen LogP contribution is -2.58. The number of hydrogen-bond donors (Lipinski definition) is 4. The predicted molar refractivity (Wildman–Crippen MR) is 142 cm³/mol. The third kappa shape index (κ3) is 5.70. The van der Waals surface area contributed by atoms with Crippen LogP contribution in [0, 0.1) is 5.92 Å². The van der Waals surface area contributed by atoms with E-state index in [4.69, 9.17) is 9.47 Å². The molecule has 1 saturated carbocycles. The minimum Gasteiger partial charge on any atom is -0.493 e. The summed E-state index contributed by atoms with van der Waals surface area (Å²) in [6.45, 7) is 3.65. The Morgan fingerprint density at radius 3 is 2.47 bits per heavy atom. The van der Waals surface area contributed by atoms with E-state index in [1.807, 2.05) is 18.7 Å². The van der Waals surface area contributed by atoms with Crippen LogP contribution in [0.15, 0.2) is 23.8 Å². The van der Waals surface area contributed by atoms with Gasteiger partial charge in [-0.25, -0.2) is 0 Å². The number of amides is 2. The second-order valence-electron chi connectivity index (χ2n) is 11.1. The number of ether oxygens (including phenoxy) is 2. The molecule has 4 N–H and O–H groups in total. The summed E-state index contributed by atoms with van der Waals surface area (Å²) in [5.41, 5.74) is 1.63. The highest BCUT2D eigenvalue weighted by atomic mass is 16.5. The highest BCUT2D eigenvalue weighted by molar-refractivity contribution is 5.96. The zero-order chi connectivity index (χ0) is 27.4. The number of nitrogens with one attached hydrogen (secondary N) is 1. The van der Waals surface area contributed by atoms with Gasteiger partial charge in [0.25, 0.3) is 0 Å². The van der Waals surface area contributed by atoms with Crippen LogP contribution in [0.5, 0.6) is 11.5 Å². The second kappa shape index (κ2) is 12.5. The first-order valence-corrected chi connectivity index (χ1v) is 13.9. The van der Waals surface area contributed by atoms with Gasteiger partial charge in [0.05, 0.1) is 32.3 Å². The second-order valence-corrected chi connectivity index (χ2v) is 11.1. The fourth-order valence-corrected chi connectivity index (χ4v) is 6.19. The van der Waals surface area contributed by atoms with Gasteiger partial charge in [-0.3, -0.25) is 9.59 Å². The largest absolute Gasteiger partial charge is 0.493 e. The van der Waals surface area contributed by atoms with Crippen LogP contribution >= 0.6 is 0 Å². The van der Waals surface area contributed by atoms with Crippen molar-refractivity contribution in [2.24, 2.45) is 5.92 Å². The van der Waals surface area contributed by atoms with Gasteiger partial charge in [-0.05, 0) is 42.5 Å². The highest BCUT2D eigenvalue weighted by Crippen LogP contribution is 2.51. The first-order valence-electron chi connectivity index (χ1n) is 13.9. The smallest absolute Gasteiger partial charge is 0.247 e. The van der Waals surface area contributed by atoms with Crippen molar-refractivity contribution in [2.75, 3.05) is 20.3 Å². The van der Waals surface area contributed by atoms with E-state index in [-0.39, 0.29) is 43.5 Å². The number of benzene rings is 1. The SMILES string of the molecule is COc1cc(CO)cc2c1O[C@@H]1[C@@H](O)[C@H](N(C(=O)CC(C)C)C3CCCCCC3)C=C(C(=O)NCCO)[C@H]21. The van der Waals surface area contributed by atoms with Crippen LogP contribution in [0.2, 0.25) is 0 Å². The van der Waals surface area contributed by atoms with E-state index < -0.39 is 24.2 Å². The summed E-state index contributed by atoms with van der Waals surface area (Å²) >= 11 is 0. The number of aliphatic hydroxyl groups excluding tert-OH is 3. The molecule has 9 heteroatoms. The van der Waals surface area contributed by atoms with Crippen molar-refractivity contribution in [3.05, 3.63) is 34.9 Å². The van der Waals surface area contributed by atoms with Crippen molar-refractivity contribution >= 4 is 11.8 Å². The maximum atomic E-state index is 13.7. The van der Waals surface area contributed by atoms with Crippen molar-refractivity contribution < 1.29 is 34.4 Å². The lowest BCUT2D eigenvalue weighted by atomic mass is 9.76. The summed E-state index contributed by atoms with van der Waals surface area (Å²) in [6.07, 6.45) is 6.17. The molecule has 0 unspecified atom stereocenters. The van der Waals surface area contributed by atoms with E-state index in [1.54, 1.807) is 18.2 Å². The molecule has 38 heavy (non-hydrogen) atoms. The Hall–Kier alpha value is -2.62. The molecule has 0 aromatic heterocycles. The molecule has 1 aliphatic heterocycles. The summed E-state index contributed by atoms with van der Waals surface area (Å²) in [4.78, 5) is 29.0. The Balaban J connectivity index is 1.81. The number of methoxy groups -OCH3 is 1. The van der Waals surface area contributed by atoms with Crippen LogP contribution in [0.1, 0.15) is 75.8 Å². The summed E-state index contributed by atoms with van der Waals surface area (Å²) in [7, 11) is 1.50. The summed E-state index contributed by atoms with van der Waals surface area (Å²) in [5, 5.41) is 33.7. The van der Waals surface area contributed by atoms with Crippen molar-refractivity contribution in [2.45, 2.75) is 95.6 Å². The molecule has 1 heterocycles. The molecule has 0 saturated heterocycles. The fourth-order valence-electron chi connectivity index (χ4n) is 6.19. The number of fused-ring (bicyclic) bond motifs is 3. The first-order chi connectivity index (χ1) is 18.3. The Morgan fingerprint density at radius 1 is 1.16 bits per heavy atom. The van der Waals surface area contributed by atoms with Crippen LogP contribution in [0.3, 0.4) is 0 Å². The van der Waals surface area contributed by atoms with E-state index in [0.29, 0.717) is 34.6 Å². The van der Waals surface area contributed by atoms with Crippen LogP contribution in [0.4, 0.5) is 0 Å². The molecular weight excluding hydrogens is 488 g/mol. The van der Waals surface area contributed by atoms with E-state index in [9.17, 15) is 24.9 Å². The first kappa shape index (κ1) is 28.4. The van der Waals surface area contributed by atoms with E-state index in [0.717, 1.165) is 38.5 Å². The third-order valence-corrected chi connectivity index (χ3v) is 7.90. The number of carbonyl (C=O) groups is 2. The minimum atomic E-state index is -1.08. The number of carbonyl (C=O) groups excluding carboxylic acids is 2. The van der Waals surface area contributed by atoms with Gasteiger partial charge in [-0.1, -0.05) is 39.5 Å². The van der Waals surface area contributed by atoms with Gasteiger partial charge < -0.3 is 35.0 Å². The topological polar surface area (TPSA) is 129 Å². The zero-order valence-corrected chi connectivity index (χ0v) is 22.7. The summed E-state index contributed by atoms with van der Waals surface area (Å²) in [6, 6.07) is 2.69. The third-order valence-electron chi connectivity index (χ3n) is 7.90. The molecule has 0 spiro atoms. The lowest BCUT2D eigenvalue weighted by molar-refractivity contribution is -0.141.